The van der Waals surface area contributed by atoms with Crippen LogP contribution in [0.1, 0.15) is 6.92 Å². The molecule has 1 unspecified atom stereocenters. The smallest absolute Gasteiger partial charge is 0.219 e. The van der Waals surface area contributed by atoms with E-state index >= 15 is 0 Å². The molecular weight excluding hydrogens is 134 g/mol. The van der Waals surface area contributed by atoms with Crippen molar-refractivity contribution in [2.45, 2.75) is 13.2 Å². The van der Waals surface area contributed by atoms with Crippen molar-refractivity contribution in [1.29, 1.82) is 5.41 Å². The Hall–Kier alpha value is -1.16. The van der Waals surface area contributed by atoms with Crippen molar-refractivity contribution < 1.29 is 14.6 Å². The Morgan fingerprint density at radius 1 is 1.80 bits per heavy atom. The molecule has 0 spiro atoms. The van der Waals surface area contributed by atoms with Gasteiger partial charge in [-0.05, 0) is 18.6 Å². The molecule has 0 aliphatic carbocycles. The highest BCUT2D eigenvalue weighted by molar-refractivity contribution is 5.72. The Labute approximate surface area is 58.6 Å². The van der Waals surface area contributed by atoms with Crippen LogP contribution in [0.3, 0.4) is 0 Å². The summed E-state index contributed by atoms with van der Waals surface area (Å²) in [5.74, 6) is 0. The van der Waals surface area contributed by atoms with Crippen LogP contribution in [0.5, 0.6) is 0 Å². The lowest BCUT2D eigenvalue weighted by Crippen LogP contribution is -2.07. The van der Waals surface area contributed by atoms with E-state index in [0.29, 0.717) is 18.3 Å². The van der Waals surface area contributed by atoms with Crippen molar-refractivity contribution in [3.63, 3.8) is 0 Å². The number of ether oxygens (including phenoxy) is 1. The van der Waals surface area contributed by atoms with E-state index in [1.165, 1.54) is 13.0 Å². The number of hydrogen-bond donors (Lipinski definition) is 2. The van der Waals surface area contributed by atoms with Gasteiger partial charge in [0, 0.05) is 0 Å². The minimum absolute atomic E-state index is 0.370. The molecule has 0 saturated heterocycles. The van der Waals surface area contributed by atoms with Gasteiger partial charge < -0.3 is 9.84 Å². The fourth-order valence-electron chi connectivity index (χ4n) is 0.373. The van der Waals surface area contributed by atoms with E-state index < -0.39 is 6.29 Å². The zero-order valence-electron chi connectivity index (χ0n) is 5.57. The van der Waals surface area contributed by atoms with E-state index in [0.717, 1.165) is 0 Å². The number of nitrogens with one attached hydrogen (secondary N) is 1. The number of aldehydes is 1. The molecule has 0 aromatic rings. The molecule has 10 heavy (non-hydrogen) atoms. The Kier molecular flexibility index (Phi) is 4.15. The molecule has 1 atom stereocenters. The molecule has 0 aliphatic heterocycles. The zero-order chi connectivity index (χ0) is 7.98. The summed E-state index contributed by atoms with van der Waals surface area (Å²) in [5, 5.41) is 15.2. The summed E-state index contributed by atoms with van der Waals surface area (Å²) in [7, 11) is 0. The van der Waals surface area contributed by atoms with E-state index in [1.807, 2.05) is 0 Å². The SMILES string of the molecule is C/C(C=O)=C/C(O)OC=N. The number of carbonyl (C=O) groups excluding carboxylic acids is 1. The molecule has 0 aliphatic rings. The fourth-order valence-corrected chi connectivity index (χ4v) is 0.373. The minimum Gasteiger partial charge on any atom is -0.452 e. The molecule has 0 radical (unpaired) electrons. The van der Waals surface area contributed by atoms with E-state index in [1.54, 1.807) is 0 Å². The monoisotopic (exact) mass is 143 g/mol. The van der Waals surface area contributed by atoms with Gasteiger partial charge in [-0.3, -0.25) is 10.2 Å². The van der Waals surface area contributed by atoms with Gasteiger partial charge in [-0.25, -0.2) is 0 Å². The number of hydrogen-bond acceptors (Lipinski definition) is 4. The molecule has 0 bridgehead atoms. The van der Waals surface area contributed by atoms with Crippen LogP contribution in [0, 0.1) is 5.41 Å². The topological polar surface area (TPSA) is 70.4 Å². The molecule has 56 valence electrons. The first-order valence-electron chi connectivity index (χ1n) is 2.66. The highest BCUT2D eigenvalue weighted by Gasteiger charge is 1.96. The summed E-state index contributed by atoms with van der Waals surface area (Å²) in [5.41, 5.74) is 0.370. The van der Waals surface area contributed by atoms with Gasteiger partial charge in [0.15, 0.2) is 6.40 Å². The maximum absolute atomic E-state index is 9.95. The first-order valence-corrected chi connectivity index (χ1v) is 2.66. The molecule has 4 heteroatoms. The summed E-state index contributed by atoms with van der Waals surface area (Å²) in [6, 6.07) is 0. The maximum atomic E-state index is 9.95. The lowest BCUT2D eigenvalue weighted by molar-refractivity contribution is -0.105. The lowest BCUT2D eigenvalue weighted by Gasteiger charge is -2.02. The van der Waals surface area contributed by atoms with Crippen LogP contribution < -0.4 is 0 Å². The average Bonchev–Trinajstić information content (AvgIpc) is 1.88. The van der Waals surface area contributed by atoms with Crippen molar-refractivity contribution >= 4 is 12.7 Å². The average molecular weight is 143 g/mol. The summed E-state index contributed by atoms with van der Waals surface area (Å²) in [6.07, 6.45) is 1.22. The van der Waals surface area contributed by atoms with Gasteiger partial charge in [0.1, 0.15) is 6.29 Å². The van der Waals surface area contributed by atoms with E-state index in [9.17, 15) is 4.79 Å². The van der Waals surface area contributed by atoms with Gasteiger partial charge in [0.05, 0.1) is 0 Å². The van der Waals surface area contributed by atoms with Crippen LogP contribution in [0.25, 0.3) is 0 Å². The molecule has 0 saturated carbocycles. The molecule has 4 nitrogen and oxygen atoms in total. The Morgan fingerprint density at radius 2 is 2.40 bits per heavy atom. The quantitative estimate of drug-likeness (QED) is 0.192. The molecular formula is C6H9NO3. The van der Waals surface area contributed by atoms with Gasteiger partial charge in [-0.2, -0.15) is 0 Å². The number of aliphatic hydroxyl groups excluding tert-OH is 1. The first-order chi connectivity index (χ1) is 4.70. The standard InChI is InChI=1S/C6H9NO3/c1-5(3-8)2-6(9)10-4-7/h2-4,6-7,9H,1H3/b5-2-,7-4?. The molecule has 0 aromatic heterocycles. The fraction of sp³-hybridized carbons (Fsp3) is 0.333. The van der Waals surface area contributed by atoms with Crippen LogP contribution in [0.15, 0.2) is 11.6 Å². The van der Waals surface area contributed by atoms with Crippen LogP contribution in [0.4, 0.5) is 0 Å². The molecule has 0 aromatic carbocycles. The molecule has 0 amide bonds. The Bertz CT molecular complexity index is 153. The normalized spacial score (nSPS) is 14.0. The predicted molar refractivity (Wildman–Crippen MR) is 35.7 cm³/mol. The molecule has 0 rings (SSSR count). The van der Waals surface area contributed by atoms with Gasteiger partial charge >= 0.3 is 0 Å². The van der Waals surface area contributed by atoms with E-state index in [-0.39, 0.29) is 0 Å². The predicted octanol–water partition coefficient (Wildman–Crippen LogP) is 0.0737. The summed E-state index contributed by atoms with van der Waals surface area (Å²) >= 11 is 0. The largest absolute Gasteiger partial charge is 0.452 e. The van der Waals surface area contributed by atoms with E-state index in [4.69, 9.17) is 10.5 Å². The third kappa shape index (κ3) is 3.80. The number of aliphatic hydroxyl groups is 1. The van der Waals surface area contributed by atoms with Gasteiger partial charge in [0.25, 0.3) is 0 Å². The third-order valence-electron chi connectivity index (χ3n) is 0.799. The molecule has 0 fully saturated rings. The molecule has 2 N–H and O–H groups in total. The summed E-state index contributed by atoms with van der Waals surface area (Å²) in [4.78, 5) is 9.95. The van der Waals surface area contributed by atoms with Crippen molar-refractivity contribution in [2.24, 2.45) is 0 Å². The Balaban J connectivity index is 3.84. The van der Waals surface area contributed by atoms with Gasteiger partial charge in [-0.1, -0.05) is 0 Å². The maximum Gasteiger partial charge on any atom is 0.219 e. The lowest BCUT2D eigenvalue weighted by atomic mass is 10.3. The molecule has 0 heterocycles. The summed E-state index contributed by atoms with van der Waals surface area (Å²) < 4.78 is 4.28. The van der Waals surface area contributed by atoms with Crippen molar-refractivity contribution in [2.75, 3.05) is 0 Å². The number of carbonyl (C=O) groups is 1. The Morgan fingerprint density at radius 3 is 2.80 bits per heavy atom. The second-order valence-corrected chi connectivity index (χ2v) is 1.67. The second kappa shape index (κ2) is 4.69. The first kappa shape index (κ1) is 8.84. The zero-order valence-corrected chi connectivity index (χ0v) is 5.57. The van der Waals surface area contributed by atoms with Crippen LogP contribution in [-0.4, -0.2) is 24.1 Å². The van der Waals surface area contributed by atoms with Crippen molar-refractivity contribution in [1.82, 2.24) is 0 Å². The minimum atomic E-state index is -1.19. The second-order valence-electron chi connectivity index (χ2n) is 1.67. The van der Waals surface area contributed by atoms with Crippen LogP contribution >= 0.6 is 0 Å². The van der Waals surface area contributed by atoms with Gasteiger partial charge in [-0.15, -0.1) is 0 Å². The van der Waals surface area contributed by atoms with Crippen molar-refractivity contribution in [3.8, 4) is 0 Å². The van der Waals surface area contributed by atoms with Crippen LogP contribution in [0.2, 0.25) is 0 Å². The highest BCUT2D eigenvalue weighted by atomic mass is 16.6. The number of rotatable bonds is 4. The van der Waals surface area contributed by atoms with Gasteiger partial charge in [0.2, 0.25) is 6.29 Å². The van der Waals surface area contributed by atoms with Crippen molar-refractivity contribution in [3.05, 3.63) is 11.6 Å². The van der Waals surface area contributed by atoms with Crippen LogP contribution in [-0.2, 0) is 9.53 Å². The third-order valence-corrected chi connectivity index (χ3v) is 0.799. The highest BCUT2D eigenvalue weighted by Crippen LogP contribution is 1.92. The van der Waals surface area contributed by atoms with E-state index in [2.05, 4.69) is 4.74 Å². The summed E-state index contributed by atoms with van der Waals surface area (Å²) in [6.45, 7) is 1.53. The number of allylic oxidation sites excluding steroid dienone is 1.